The summed E-state index contributed by atoms with van der Waals surface area (Å²) >= 11 is 1.30. The second kappa shape index (κ2) is 10.6. The molecular weight excluding hydrogens is 408 g/mol. The number of nitrogens with one attached hydrogen (secondary N) is 2. The average Bonchev–Trinajstić information content (AvgIpc) is 2.98. The fraction of sp³-hybridized carbons (Fsp3) is 0.381. The standard InChI is InChI=1S/C21H26N2O6S/c1-12-13(2)30-20(23-14(3)24)19(12)21(26)29-11-18(25)22-9-8-15-6-7-16(27-4)17(10-15)28-5/h6-7,10H,8-9,11H2,1-5H3,(H,22,25)(H,23,24). The van der Waals surface area contributed by atoms with Gasteiger partial charge in [0.2, 0.25) is 5.91 Å². The van der Waals surface area contributed by atoms with Crippen molar-refractivity contribution in [3.05, 3.63) is 39.8 Å². The van der Waals surface area contributed by atoms with Crippen LogP contribution in [0.15, 0.2) is 18.2 Å². The van der Waals surface area contributed by atoms with E-state index in [1.54, 1.807) is 27.2 Å². The van der Waals surface area contributed by atoms with Crippen LogP contribution in [-0.4, -0.2) is 45.2 Å². The molecule has 2 amide bonds. The molecule has 0 fully saturated rings. The fourth-order valence-electron chi connectivity index (χ4n) is 2.76. The Kier molecular flexibility index (Phi) is 8.23. The summed E-state index contributed by atoms with van der Waals surface area (Å²) in [4.78, 5) is 36.7. The van der Waals surface area contributed by atoms with Gasteiger partial charge in [-0.3, -0.25) is 9.59 Å². The molecule has 30 heavy (non-hydrogen) atoms. The van der Waals surface area contributed by atoms with E-state index in [2.05, 4.69) is 10.6 Å². The van der Waals surface area contributed by atoms with Gasteiger partial charge >= 0.3 is 5.97 Å². The van der Waals surface area contributed by atoms with Crippen molar-refractivity contribution in [2.24, 2.45) is 0 Å². The summed E-state index contributed by atoms with van der Waals surface area (Å²) in [5.41, 5.74) is 1.97. The van der Waals surface area contributed by atoms with Gasteiger partial charge < -0.3 is 24.8 Å². The Balaban J connectivity index is 1.87. The Morgan fingerprint density at radius 3 is 2.40 bits per heavy atom. The second-order valence-corrected chi connectivity index (χ2v) is 7.76. The van der Waals surface area contributed by atoms with E-state index >= 15 is 0 Å². The lowest BCUT2D eigenvalue weighted by molar-refractivity contribution is -0.124. The van der Waals surface area contributed by atoms with Crippen molar-refractivity contribution in [3.8, 4) is 11.5 Å². The molecule has 8 nitrogen and oxygen atoms in total. The van der Waals surface area contributed by atoms with Gasteiger partial charge in [-0.2, -0.15) is 0 Å². The van der Waals surface area contributed by atoms with Crippen molar-refractivity contribution in [2.45, 2.75) is 27.2 Å². The van der Waals surface area contributed by atoms with Gasteiger partial charge in [0.25, 0.3) is 5.91 Å². The molecule has 1 aromatic heterocycles. The van der Waals surface area contributed by atoms with E-state index in [0.29, 0.717) is 29.5 Å². The minimum absolute atomic E-state index is 0.279. The molecule has 9 heteroatoms. The number of benzene rings is 1. The Hall–Kier alpha value is -3.07. The molecule has 2 N–H and O–H groups in total. The van der Waals surface area contributed by atoms with Crippen LogP contribution in [0, 0.1) is 13.8 Å². The summed E-state index contributed by atoms with van der Waals surface area (Å²) in [6, 6.07) is 5.53. The first-order chi connectivity index (χ1) is 14.3. The van der Waals surface area contributed by atoms with Crippen LogP contribution in [0.4, 0.5) is 5.00 Å². The number of hydrogen-bond donors (Lipinski definition) is 2. The SMILES string of the molecule is COc1ccc(CCNC(=O)COC(=O)c2c(NC(C)=O)sc(C)c2C)cc1OC. The van der Waals surface area contributed by atoms with Crippen molar-refractivity contribution in [1.29, 1.82) is 0 Å². The molecule has 0 radical (unpaired) electrons. The van der Waals surface area contributed by atoms with Gasteiger partial charge in [0.05, 0.1) is 19.8 Å². The molecule has 1 aromatic carbocycles. The Labute approximate surface area is 179 Å². The second-order valence-electron chi connectivity index (χ2n) is 6.53. The number of methoxy groups -OCH3 is 2. The first kappa shape index (κ1) is 23.2. The molecule has 0 aliphatic rings. The number of carbonyl (C=O) groups excluding carboxylic acids is 3. The predicted octanol–water partition coefficient (Wildman–Crippen LogP) is 2.86. The fourth-order valence-corrected chi connectivity index (χ4v) is 3.85. The molecule has 0 spiro atoms. The molecule has 162 valence electrons. The molecule has 0 aliphatic carbocycles. The lowest BCUT2D eigenvalue weighted by Gasteiger charge is -2.10. The number of thiophene rings is 1. The zero-order valence-corrected chi connectivity index (χ0v) is 18.5. The van der Waals surface area contributed by atoms with E-state index in [0.717, 1.165) is 16.0 Å². The summed E-state index contributed by atoms with van der Waals surface area (Å²) in [6.07, 6.45) is 0.579. The lowest BCUT2D eigenvalue weighted by atomic mass is 10.1. The van der Waals surface area contributed by atoms with E-state index in [-0.39, 0.29) is 11.5 Å². The number of aryl methyl sites for hydroxylation is 1. The third-order valence-electron chi connectivity index (χ3n) is 4.40. The third-order valence-corrected chi connectivity index (χ3v) is 5.52. The van der Waals surface area contributed by atoms with Crippen LogP contribution in [0.1, 0.15) is 33.3 Å². The van der Waals surface area contributed by atoms with E-state index < -0.39 is 18.5 Å². The number of rotatable bonds is 9. The molecule has 1 heterocycles. The van der Waals surface area contributed by atoms with E-state index in [1.807, 2.05) is 19.1 Å². The molecule has 0 saturated heterocycles. The van der Waals surface area contributed by atoms with E-state index in [9.17, 15) is 14.4 Å². The number of ether oxygens (including phenoxy) is 3. The Bertz CT molecular complexity index is 938. The smallest absolute Gasteiger partial charge is 0.341 e. The summed E-state index contributed by atoms with van der Waals surface area (Å²) < 4.78 is 15.6. The van der Waals surface area contributed by atoms with Crippen LogP contribution in [0.5, 0.6) is 11.5 Å². The zero-order chi connectivity index (χ0) is 22.3. The van der Waals surface area contributed by atoms with Crippen molar-refractivity contribution in [3.63, 3.8) is 0 Å². The van der Waals surface area contributed by atoms with Gasteiger partial charge in [0.1, 0.15) is 5.00 Å². The number of carbonyl (C=O) groups is 3. The molecule has 0 saturated carbocycles. The third kappa shape index (κ3) is 5.96. The predicted molar refractivity (Wildman–Crippen MR) is 115 cm³/mol. The maximum Gasteiger partial charge on any atom is 0.341 e. The van der Waals surface area contributed by atoms with Crippen LogP contribution < -0.4 is 20.1 Å². The van der Waals surface area contributed by atoms with Gasteiger partial charge in [-0.25, -0.2) is 4.79 Å². The van der Waals surface area contributed by atoms with Gasteiger partial charge in [0.15, 0.2) is 18.1 Å². The minimum atomic E-state index is -0.643. The topological polar surface area (TPSA) is 103 Å². The molecule has 2 aromatic rings. The highest BCUT2D eigenvalue weighted by atomic mass is 32.1. The van der Waals surface area contributed by atoms with Crippen LogP contribution in [0.25, 0.3) is 0 Å². The first-order valence-corrected chi connectivity index (χ1v) is 10.1. The monoisotopic (exact) mass is 434 g/mol. The van der Waals surface area contributed by atoms with Crippen LogP contribution in [0.2, 0.25) is 0 Å². The van der Waals surface area contributed by atoms with Crippen molar-refractivity contribution >= 4 is 34.1 Å². The normalized spacial score (nSPS) is 10.3. The van der Waals surface area contributed by atoms with Crippen LogP contribution in [0.3, 0.4) is 0 Å². The van der Waals surface area contributed by atoms with Crippen molar-refractivity contribution in [1.82, 2.24) is 5.32 Å². The molecule has 0 atom stereocenters. The number of hydrogen-bond acceptors (Lipinski definition) is 7. The summed E-state index contributed by atoms with van der Waals surface area (Å²) in [5, 5.41) is 5.78. The Morgan fingerprint density at radius 1 is 1.07 bits per heavy atom. The largest absolute Gasteiger partial charge is 0.493 e. The summed E-state index contributed by atoms with van der Waals surface area (Å²) in [7, 11) is 3.13. The van der Waals surface area contributed by atoms with Gasteiger partial charge in [-0.05, 0) is 43.5 Å². The molecule has 0 bridgehead atoms. The van der Waals surface area contributed by atoms with Gasteiger partial charge in [0, 0.05) is 18.3 Å². The van der Waals surface area contributed by atoms with Gasteiger partial charge in [-0.15, -0.1) is 11.3 Å². The van der Waals surface area contributed by atoms with Crippen LogP contribution >= 0.6 is 11.3 Å². The van der Waals surface area contributed by atoms with E-state index in [4.69, 9.17) is 14.2 Å². The van der Waals surface area contributed by atoms with Crippen LogP contribution in [-0.2, 0) is 20.7 Å². The average molecular weight is 435 g/mol. The Morgan fingerprint density at radius 2 is 1.77 bits per heavy atom. The quantitative estimate of drug-likeness (QED) is 0.589. The summed E-state index contributed by atoms with van der Waals surface area (Å²) in [5.74, 6) is -0.0789. The maximum absolute atomic E-state index is 12.4. The highest BCUT2D eigenvalue weighted by molar-refractivity contribution is 7.16. The highest BCUT2D eigenvalue weighted by Crippen LogP contribution is 2.33. The number of amides is 2. The molecule has 2 rings (SSSR count). The van der Waals surface area contributed by atoms with Crippen molar-refractivity contribution in [2.75, 3.05) is 32.7 Å². The lowest BCUT2D eigenvalue weighted by Crippen LogP contribution is -2.30. The zero-order valence-electron chi connectivity index (χ0n) is 17.7. The maximum atomic E-state index is 12.4. The van der Waals surface area contributed by atoms with E-state index in [1.165, 1.54) is 18.3 Å². The van der Waals surface area contributed by atoms with Crippen molar-refractivity contribution < 1.29 is 28.6 Å². The minimum Gasteiger partial charge on any atom is -0.493 e. The molecule has 0 unspecified atom stereocenters. The molecule has 0 aliphatic heterocycles. The van der Waals surface area contributed by atoms with Gasteiger partial charge in [-0.1, -0.05) is 6.07 Å². The first-order valence-electron chi connectivity index (χ1n) is 9.29. The molecular formula is C21H26N2O6S. The highest BCUT2D eigenvalue weighted by Gasteiger charge is 2.22. The number of anilines is 1. The number of esters is 1. The summed E-state index contributed by atoms with van der Waals surface area (Å²) in [6.45, 7) is 4.96.